The number of halogens is 1. The van der Waals surface area contributed by atoms with Crippen LogP contribution in [0, 0.1) is 6.92 Å². The van der Waals surface area contributed by atoms with Gasteiger partial charge in [0.15, 0.2) is 0 Å². The van der Waals surface area contributed by atoms with Crippen molar-refractivity contribution in [2.24, 2.45) is 5.73 Å². The molecule has 0 fully saturated rings. The largest absolute Gasteiger partial charge is 0.325 e. The van der Waals surface area contributed by atoms with Gasteiger partial charge < -0.3 is 11.1 Å². The van der Waals surface area contributed by atoms with Gasteiger partial charge in [0.05, 0.1) is 4.90 Å². The summed E-state index contributed by atoms with van der Waals surface area (Å²) in [6.45, 7) is 6.36. The van der Waals surface area contributed by atoms with Crippen LogP contribution < -0.4 is 11.1 Å². The van der Waals surface area contributed by atoms with Crippen LogP contribution in [0.1, 0.15) is 34.9 Å². The van der Waals surface area contributed by atoms with E-state index in [0.29, 0.717) is 29.3 Å². The summed E-state index contributed by atoms with van der Waals surface area (Å²) >= 11 is 1.31. The van der Waals surface area contributed by atoms with Gasteiger partial charge in [-0.1, -0.05) is 19.9 Å². The van der Waals surface area contributed by atoms with Crippen molar-refractivity contribution in [2.45, 2.75) is 32.2 Å². The number of rotatable bonds is 7. The zero-order valence-electron chi connectivity index (χ0n) is 14.9. The molecular formula is C16H23ClN4O3S2. The quantitative estimate of drug-likeness (QED) is 0.718. The highest BCUT2D eigenvalue weighted by atomic mass is 35.5. The third-order valence-corrected chi connectivity index (χ3v) is 6.79. The van der Waals surface area contributed by atoms with Gasteiger partial charge in [0.25, 0.3) is 5.91 Å². The minimum absolute atomic E-state index is 0. The number of hydrogen-bond acceptors (Lipinski definition) is 6. The van der Waals surface area contributed by atoms with Crippen molar-refractivity contribution in [3.63, 3.8) is 0 Å². The molecule has 10 heteroatoms. The van der Waals surface area contributed by atoms with E-state index in [-0.39, 0.29) is 29.5 Å². The second kappa shape index (κ2) is 9.43. The van der Waals surface area contributed by atoms with Gasteiger partial charge >= 0.3 is 0 Å². The minimum atomic E-state index is -3.60. The summed E-state index contributed by atoms with van der Waals surface area (Å²) in [7, 11) is -3.60. The molecule has 0 aliphatic carbocycles. The summed E-state index contributed by atoms with van der Waals surface area (Å²) in [5, 5.41) is 4.98. The van der Waals surface area contributed by atoms with Crippen LogP contribution >= 0.6 is 23.7 Å². The fourth-order valence-electron chi connectivity index (χ4n) is 2.36. The van der Waals surface area contributed by atoms with Crippen LogP contribution in [0.5, 0.6) is 0 Å². The number of thiazole rings is 1. The highest BCUT2D eigenvalue weighted by Crippen LogP contribution is 2.24. The Morgan fingerprint density at radius 1 is 1.31 bits per heavy atom. The Balaban J connectivity index is 0.00000338. The van der Waals surface area contributed by atoms with Crippen molar-refractivity contribution in [3.8, 4) is 0 Å². The Hall–Kier alpha value is -1.52. The molecule has 144 valence electrons. The van der Waals surface area contributed by atoms with Gasteiger partial charge in [0.1, 0.15) is 10.7 Å². The summed E-state index contributed by atoms with van der Waals surface area (Å²) < 4.78 is 26.9. The van der Waals surface area contributed by atoms with Crippen LogP contribution in [-0.4, -0.2) is 36.7 Å². The number of benzene rings is 1. The third-order valence-electron chi connectivity index (χ3n) is 3.73. The maximum Gasteiger partial charge on any atom is 0.275 e. The molecule has 0 saturated heterocycles. The first-order chi connectivity index (χ1) is 11.8. The topological polar surface area (TPSA) is 105 Å². The molecule has 2 aromatic rings. The number of amides is 1. The Morgan fingerprint density at radius 3 is 2.50 bits per heavy atom. The Kier molecular flexibility index (Phi) is 8.16. The predicted octanol–water partition coefficient (Wildman–Crippen LogP) is 2.61. The van der Waals surface area contributed by atoms with Crippen LogP contribution in [0.3, 0.4) is 0 Å². The molecule has 2 rings (SSSR count). The van der Waals surface area contributed by atoms with Gasteiger partial charge in [-0.3, -0.25) is 4.79 Å². The van der Waals surface area contributed by atoms with Gasteiger partial charge in [-0.25, -0.2) is 13.4 Å². The number of anilines is 1. The first-order valence-corrected chi connectivity index (χ1v) is 10.2. The van der Waals surface area contributed by atoms with E-state index in [0.717, 1.165) is 0 Å². The van der Waals surface area contributed by atoms with Crippen molar-refractivity contribution in [2.75, 3.05) is 18.4 Å². The van der Waals surface area contributed by atoms with Crippen LogP contribution in [0.2, 0.25) is 0 Å². The summed E-state index contributed by atoms with van der Waals surface area (Å²) in [4.78, 5) is 16.6. The SMILES string of the molecule is CCN(CC)S(=O)(=O)c1cc(NC(=O)c2csc(CN)n2)ccc1C.Cl. The highest BCUT2D eigenvalue weighted by Gasteiger charge is 2.24. The van der Waals surface area contributed by atoms with Gasteiger partial charge in [0, 0.05) is 30.7 Å². The summed E-state index contributed by atoms with van der Waals surface area (Å²) in [6, 6.07) is 4.83. The Morgan fingerprint density at radius 2 is 1.96 bits per heavy atom. The molecule has 0 aliphatic heterocycles. The monoisotopic (exact) mass is 418 g/mol. The molecule has 0 radical (unpaired) electrons. The molecule has 1 amide bonds. The Bertz CT molecular complexity index is 864. The summed E-state index contributed by atoms with van der Waals surface area (Å²) in [6.07, 6.45) is 0. The van der Waals surface area contributed by atoms with Gasteiger partial charge in [-0.05, 0) is 24.6 Å². The zero-order chi connectivity index (χ0) is 18.6. The second-order valence-corrected chi connectivity index (χ2v) is 8.20. The lowest BCUT2D eigenvalue weighted by Gasteiger charge is -2.20. The first kappa shape index (κ1) is 22.5. The number of hydrogen-bond donors (Lipinski definition) is 2. The van der Waals surface area contributed by atoms with Gasteiger partial charge in [-0.2, -0.15) is 4.31 Å². The maximum absolute atomic E-state index is 12.8. The number of sulfonamides is 1. The molecule has 7 nitrogen and oxygen atoms in total. The standard InChI is InChI=1S/C16H22N4O3S2.ClH/c1-4-20(5-2)25(22,23)14-8-12(7-6-11(14)3)18-16(21)13-10-24-15(9-17)19-13;/h6-8,10H,4-5,9,17H2,1-3H3,(H,18,21);1H. The first-order valence-electron chi connectivity index (χ1n) is 7.90. The number of aromatic nitrogens is 1. The smallest absolute Gasteiger partial charge is 0.275 e. The van der Waals surface area contributed by atoms with Crippen molar-refractivity contribution < 1.29 is 13.2 Å². The second-order valence-electron chi connectivity index (χ2n) is 5.35. The molecule has 1 aromatic carbocycles. The third kappa shape index (κ3) is 4.80. The molecule has 0 atom stereocenters. The fourth-order valence-corrected chi connectivity index (χ4v) is 4.73. The zero-order valence-corrected chi connectivity index (χ0v) is 17.3. The molecule has 1 aromatic heterocycles. The number of carbonyl (C=O) groups is 1. The molecule has 0 aliphatic rings. The van der Waals surface area contributed by atoms with Crippen molar-refractivity contribution in [3.05, 3.63) is 39.8 Å². The van der Waals surface area contributed by atoms with E-state index in [1.807, 2.05) is 0 Å². The number of nitrogens with one attached hydrogen (secondary N) is 1. The molecule has 0 bridgehead atoms. The highest BCUT2D eigenvalue weighted by molar-refractivity contribution is 7.89. The molecular weight excluding hydrogens is 396 g/mol. The van der Waals surface area contributed by atoms with Crippen molar-refractivity contribution in [1.29, 1.82) is 0 Å². The van der Waals surface area contributed by atoms with Crippen molar-refractivity contribution >= 4 is 45.4 Å². The number of aryl methyl sites for hydroxylation is 1. The number of carbonyl (C=O) groups excluding carboxylic acids is 1. The van der Waals surface area contributed by atoms with Crippen LogP contribution in [0.4, 0.5) is 5.69 Å². The van der Waals surface area contributed by atoms with Crippen LogP contribution in [0.15, 0.2) is 28.5 Å². The summed E-state index contributed by atoms with van der Waals surface area (Å²) in [5.41, 5.74) is 6.80. The lowest BCUT2D eigenvalue weighted by atomic mass is 10.2. The van der Waals surface area contributed by atoms with Gasteiger partial charge in [-0.15, -0.1) is 23.7 Å². The van der Waals surface area contributed by atoms with Crippen molar-refractivity contribution in [1.82, 2.24) is 9.29 Å². The van der Waals surface area contributed by atoms with E-state index < -0.39 is 15.9 Å². The number of nitrogens with zero attached hydrogens (tertiary/aromatic N) is 2. The summed E-state index contributed by atoms with van der Waals surface area (Å²) in [5.74, 6) is -0.397. The van der Waals surface area contributed by atoms with E-state index in [1.165, 1.54) is 21.7 Å². The van der Waals surface area contributed by atoms with Crippen LogP contribution in [-0.2, 0) is 16.6 Å². The van der Waals surface area contributed by atoms with Crippen LogP contribution in [0.25, 0.3) is 0 Å². The van der Waals surface area contributed by atoms with E-state index in [9.17, 15) is 13.2 Å². The number of nitrogens with two attached hydrogens (primary N) is 1. The van der Waals surface area contributed by atoms with E-state index in [2.05, 4.69) is 10.3 Å². The predicted molar refractivity (Wildman–Crippen MR) is 106 cm³/mol. The van der Waals surface area contributed by atoms with Gasteiger partial charge in [0.2, 0.25) is 10.0 Å². The molecule has 26 heavy (non-hydrogen) atoms. The minimum Gasteiger partial charge on any atom is -0.325 e. The lowest BCUT2D eigenvalue weighted by molar-refractivity contribution is 0.102. The fraction of sp³-hybridized carbons (Fsp3) is 0.375. The Labute approximate surface area is 164 Å². The lowest BCUT2D eigenvalue weighted by Crippen LogP contribution is -2.31. The average Bonchev–Trinajstić information content (AvgIpc) is 3.06. The van der Waals surface area contributed by atoms with E-state index >= 15 is 0 Å². The van der Waals surface area contributed by atoms with E-state index in [1.54, 1.807) is 38.3 Å². The van der Waals surface area contributed by atoms with E-state index in [4.69, 9.17) is 5.73 Å². The molecule has 3 N–H and O–H groups in total. The molecule has 1 heterocycles. The average molecular weight is 419 g/mol. The molecule has 0 spiro atoms. The molecule has 0 saturated carbocycles. The normalized spacial score (nSPS) is 11.3. The molecule has 0 unspecified atom stereocenters. The maximum atomic E-state index is 12.8.